The van der Waals surface area contributed by atoms with Gasteiger partial charge in [0.05, 0.1) is 0 Å². The van der Waals surface area contributed by atoms with E-state index in [9.17, 15) is 0 Å². The molecule has 1 rings (SSSR count). The number of aliphatic hydroxyl groups excluding tert-OH is 1. The number of nitrogens with zero attached hydrogens (tertiary/aromatic N) is 2. The van der Waals surface area contributed by atoms with E-state index in [0.717, 1.165) is 18.8 Å². The largest absolute Gasteiger partial charge is 0.388 e. The van der Waals surface area contributed by atoms with Gasteiger partial charge in [-0.15, -0.1) is 0 Å². The highest BCUT2D eigenvalue weighted by Crippen LogP contribution is 2.04. The van der Waals surface area contributed by atoms with Crippen LogP contribution in [-0.4, -0.2) is 21.6 Å². The first-order valence-electron chi connectivity index (χ1n) is 4.89. The molecule has 1 aromatic heterocycles. The van der Waals surface area contributed by atoms with Gasteiger partial charge in [0.25, 0.3) is 0 Å². The molecule has 4 heteroatoms. The molecule has 0 aliphatic heterocycles. The number of hydrogen-bond acceptors (Lipinski definition) is 4. The Hall–Kier alpha value is -1.16. The standard InChI is InChI=1S/C10H17N3O/c1-8(2)3-5-11-9-4-6-12-10(7-14)13-9/h4,6,8,14H,3,5,7H2,1-2H3,(H,11,12,13). The summed E-state index contributed by atoms with van der Waals surface area (Å²) >= 11 is 0. The number of aliphatic hydroxyl groups is 1. The first-order chi connectivity index (χ1) is 6.72. The second-order valence-electron chi connectivity index (χ2n) is 3.63. The van der Waals surface area contributed by atoms with Crippen molar-refractivity contribution in [1.82, 2.24) is 9.97 Å². The van der Waals surface area contributed by atoms with Gasteiger partial charge in [-0.1, -0.05) is 13.8 Å². The molecular weight excluding hydrogens is 178 g/mol. The summed E-state index contributed by atoms with van der Waals surface area (Å²) in [5, 5.41) is 12.0. The average Bonchev–Trinajstić information content (AvgIpc) is 2.18. The van der Waals surface area contributed by atoms with Crippen molar-refractivity contribution in [2.75, 3.05) is 11.9 Å². The lowest BCUT2D eigenvalue weighted by atomic mass is 10.1. The molecule has 0 aromatic carbocycles. The molecule has 78 valence electrons. The maximum Gasteiger partial charge on any atom is 0.156 e. The number of hydrogen-bond donors (Lipinski definition) is 2. The highest BCUT2D eigenvalue weighted by molar-refractivity contribution is 5.32. The van der Waals surface area contributed by atoms with Crippen molar-refractivity contribution in [3.63, 3.8) is 0 Å². The Balaban J connectivity index is 2.42. The SMILES string of the molecule is CC(C)CCNc1ccnc(CO)n1. The molecule has 0 atom stereocenters. The van der Waals surface area contributed by atoms with E-state index in [1.165, 1.54) is 0 Å². The van der Waals surface area contributed by atoms with E-state index in [4.69, 9.17) is 5.11 Å². The lowest BCUT2D eigenvalue weighted by Crippen LogP contribution is -2.07. The third kappa shape index (κ3) is 3.70. The van der Waals surface area contributed by atoms with Crippen molar-refractivity contribution in [2.45, 2.75) is 26.9 Å². The van der Waals surface area contributed by atoms with Crippen molar-refractivity contribution in [2.24, 2.45) is 5.92 Å². The minimum Gasteiger partial charge on any atom is -0.388 e. The van der Waals surface area contributed by atoms with Crippen LogP contribution < -0.4 is 5.32 Å². The van der Waals surface area contributed by atoms with Crippen molar-refractivity contribution < 1.29 is 5.11 Å². The molecule has 0 saturated heterocycles. The molecular formula is C10H17N3O. The van der Waals surface area contributed by atoms with Crippen LogP contribution >= 0.6 is 0 Å². The van der Waals surface area contributed by atoms with E-state index in [2.05, 4.69) is 29.1 Å². The predicted octanol–water partition coefficient (Wildman–Crippen LogP) is 1.43. The fourth-order valence-corrected chi connectivity index (χ4v) is 1.06. The summed E-state index contributed by atoms with van der Waals surface area (Å²) in [5.41, 5.74) is 0. The smallest absolute Gasteiger partial charge is 0.156 e. The quantitative estimate of drug-likeness (QED) is 0.746. The predicted molar refractivity (Wildman–Crippen MR) is 55.9 cm³/mol. The first kappa shape index (κ1) is 10.9. The van der Waals surface area contributed by atoms with Crippen molar-refractivity contribution in [3.05, 3.63) is 18.1 Å². The summed E-state index contributed by atoms with van der Waals surface area (Å²) in [7, 11) is 0. The molecule has 0 saturated carbocycles. The molecule has 2 N–H and O–H groups in total. The number of rotatable bonds is 5. The van der Waals surface area contributed by atoms with Gasteiger partial charge in [-0.3, -0.25) is 0 Å². The number of anilines is 1. The van der Waals surface area contributed by atoms with E-state index in [-0.39, 0.29) is 6.61 Å². The monoisotopic (exact) mass is 195 g/mol. The summed E-state index contributed by atoms with van der Waals surface area (Å²) in [6, 6.07) is 1.81. The maximum absolute atomic E-state index is 8.82. The van der Waals surface area contributed by atoms with Gasteiger partial charge in [0.15, 0.2) is 5.82 Å². The Bertz CT molecular complexity index is 276. The third-order valence-corrected chi connectivity index (χ3v) is 1.87. The minimum atomic E-state index is -0.111. The lowest BCUT2D eigenvalue weighted by molar-refractivity contribution is 0.271. The van der Waals surface area contributed by atoms with Crippen molar-refractivity contribution >= 4 is 5.82 Å². The highest BCUT2D eigenvalue weighted by atomic mass is 16.3. The van der Waals surface area contributed by atoms with Crippen LogP contribution in [0, 0.1) is 5.92 Å². The van der Waals surface area contributed by atoms with Crippen LogP contribution in [0.25, 0.3) is 0 Å². The van der Waals surface area contributed by atoms with E-state index in [1.807, 2.05) is 0 Å². The molecule has 0 aliphatic rings. The van der Waals surface area contributed by atoms with Gasteiger partial charge in [0, 0.05) is 12.7 Å². The van der Waals surface area contributed by atoms with Crippen LogP contribution in [0.4, 0.5) is 5.82 Å². The molecule has 0 bridgehead atoms. The topological polar surface area (TPSA) is 58.0 Å². The Labute approximate surface area is 84.4 Å². The van der Waals surface area contributed by atoms with E-state index in [1.54, 1.807) is 12.3 Å². The van der Waals surface area contributed by atoms with Gasteiger partial charge in [-0.2, -0.15) is 0 Å². The Morgan fingerprint density at radius 2 is 2.29 bits per heavy atom. The zero-order valence-corrected chi connectivity index (χ0v) is 8.70. The van der Waals surface area contributed by atoms with Gasteiger partial charge in [-0.05, 0) is 18.4 Å². The maximum atomic E-state index is 8.82. The van der Waals surface area contributed by atoms with Gasteiger partial charge in [-0.25, -0.2) is 9.97 Å². The molecule has 0 amide bonds. The second kappa shape index (κ2) is 5.54. The fraction of sp³-hybridized carbons (Fsp3) is 0.600. The summed E-state index contributed by atoms with van der Waals surface area (Å²) in [6.07, 6.45) is 2.76. The molecule has 4 nitrogen and oxygen atoms in total. The summed E-state index contributed by atoms with van der Waals surface area (Å²) in [4.78, 5) is 8.02. The van der Waals surface area contributed by atoms with Gasteiger partial charge in [0.2, 0.25) is 0 Å². The molecule has 0 fully saturated rings. The van der Waals surface area contributed by atoms with Gasteiger partial charge in [0.1, 0.15) is 12.4 Å². The molecule has 0 unspecified atom stereocenters. The molecule has 1 heterocycles. The van der Waals surface area contributed by atoms with Crippen LogP contribution in [0.1, 0.15) is 26.1 Å². The van der Waals surface area contributed by atoms with E-state index >= 15 is 0 Å². The van der Waals surface area contributed by atoms with Crippen LogP contribution in [0.2, 0.25) is 0 Å². The zero-order chi connectivity index (χ0) is 10.4. The second-order valence-corrected chi connectivity index (χ2v) is 3.63. The molecule has 0 radical (unpaired) electrons. The van der Waals surface area contributed by atoms with Gasteiger partial charge < -0.3 is 10.4 Å². The summed E-state index contributed by atoms with van der Waals surface area (Å²) in [6.45, 7) is 5.15. The van der Waals surface area contributed by atoms with Crippen molar-refractivity contribution in [3.8, 4) is 0 Å². The summed E-state index contributed by atoms with van der Waals surface area (Å²) < 4.78 is 0. The number of aromatic nitrogens is 2. The molecule has 0 spiro atoms. The molecule has 0 aliphatic carbocycles. The Morgan fingerprint density at radius 3 is 2.93 bits per heavy atom. The highest BCUT2D eigenvalue weighted by Gasteiger charge is 1.98. The zero-order valence-electron chi connectivity index (χ0n) is 8.70. The Morgan fingerprint density at radius 1 is 1.50 bits per heavy atom. The minimum absolute atomic E-state index is 0.111. The van der Waals surface area contributed by atoms with E-state index in [0.29, 0.717) is 11.7 Å². The average molecular weight is 195 g/mol. The van der Waals surface area contributed by atoms with Crippen LogP contribution in [0.3, 0.4) is 0 Å². The van der Waals surface area contributed by atoms with Crippen LogP contribution in [0.15, 0.2) is 12.3 Å². The van der Waals surface area contributed by atoms with Gasteiger partial charge >= 0.3 is 0 Å². The normalized spacial score (nSPS) is 10.6. The summed E-state index contributed by atoms with van der Waals surface area (Å²) in [5.74, 6) is 1.92. The lowest BCUT2D eigenvalue weighted by Gasteiger charge is -2.07. The Kier molecular flexibility index (Phi) is 4.32. The van der Waals surface area contributed by atoms with Crippen LogP contribution in [0.5, 0.6) is 0 Å². The van der Waals surface area contributed by atoms with E-state index < -0.39 is 0 Å². The molecule has 1 aromatic rings. The number of nitrogens with one attached hydrogen (secondary N) is 1. The fourth-order valence-electron chi connectivity index (χ4n) is 1.06. The third-order valence-electron chi connectivity index (χ3n) is 1.87. The first-order valence-corrected chi connectivity index (χ1v) is 4.89. The molecule has 14 heavy (non-hydrogen) atoms. The van der Waals surface area contributed by atoms with Crippen LogP contribution in [-0.2, 0) is 6.61 Å². The van der Waals surface area contributed by atoms with Crippen molar-refractivity contribution in [1.29, 1.82) is 0 Å².